The van der Waals surface area contributed by atoms with Crippen molar-refractivity contribution < 1.29 is 15.0 Å². The molecule has 4 rings (SSSR count). The van der Waals surface area contributed by atoms with E-state index in [1.165, 1.54) is 6.07 Å². The lowest BCUT2D eigenvalue weighted by molar-refractivity contribution is -0.0200. The number of hydrogen-bond donors (Lipinski definition) is 3. The van der Waals surface area contributed by atoms with Crippen molar-refractivity contribution in [1.82, 2.24) is 14.8 Å². The summed E-state index contributed by atoms with van der Waals surface area (Å²) < 4.78 is 0. The fourth-order valence-corrected chi connectivity index (χ4v) is 3.97. The van der Waals surface area contributed by atoms with Gasteiger partial charge in [-0.25, -0.2) is 4.79 Å². The van der Waals surface area contributed by atoms with Gasteiger partial charge in [-0.05, 0) is 55.8 Å². The topological polar surface area (TPSA) is 88.9 Å². The number of nitrogens with one attached hydrogen (secondary N) is 1. The molecule has 0 saturated carbocycles. The molecule has 2 amide bonds. The van der Waals surface area contributed by atoms with Crippen LogP contribution in [0.3, 0.4) is 0 Å². The van der Waals surface area contributed by atoms with E-state index in [-0.39, 0.29) is 22.9 Å². The van der Waals surface area contributed by atoms with E-state index >= 15 is 0 Å². The summed E-state index contributed by atoms with van der Waals surface area (Å²) in [5.74, 6) is -0.161. The van der Waals surface area contributed by atoms with E-state index < -0.39 is 0 Å². The van der Waals surface area contributed by atoms with Crippen molar-refractivity contribution in [3.63, 3.8) is 0 Å². The third-order valence-corrected chi connectivity index (χ3v) is 5.62. The van der Waals surface area contributed by atoms with Crippen LogP contribution in [0.1, 0.15) is 18.4 Å². The van der Waals surface area contributed by atoms with Crippen molar-refractivity contribution in [1.29, 1.82) is 0 Å². The first-order valence-corrected chi connectivity index (χ1v) is 9.22. The molecule has 2 fully saturated rings. The molecule has 2 aliphatic heterocycles. The number of benzene rings is 1. The Labute approximate surface area is 158 Å². The molecule has 7 nitrogen and oxygen atoms in total. The van der Waals surface area contributed by atoms with E-state index in [2.05, 4.69) is 15.2 Å². The second-order valence-corrected chi connectivity index (χ2v) is 7.63. The maximum atomic E-state index is 12.3. The first-order valence-electron chi connectivity index (χ1n) is 9.22. The minimum atomic E-state index is -0.0875. The van der Waals surface area contributed by atoms with Crippen molar-refractivity contribution in [2.45, 2.75) is 19.4 Å². The van der Waals surface area contributed by atoms with E-state index in [1.807, 2.05) is 17.0 Å². The van der Waals surface area contributed by atoms with Gasteiger partial charge in [0, 0.05) is 31.2 Å². The molecule has 0 aliphatic carbocycles. The molecule has 0 bridgehead atoms. The molecule has 2 aliphatic rings. The Bertz CT molecular complexity index is 811. The Kier molecular flexibility index (Phi) is 4.61. The van der Waals surface area contributed by atoms with Crippen LogP contribution in [0, 0.1) is 5.41 Å². The predicted octanol–water partition coefficient (Wildman–Crippen LogP) is 2.62. The summed E-state index contributed by atoms with van der Waals surface area (Å²) in [7, 11) is 0. The van der Waals surface area contributed by atoms with Crippen LogP contribution in [-0.2, 0) is 6.54 Å². The van der Waals surface area contributed by atoms with Gasteiger partial charge in [0.1, 0.15) is 0 Å². The second kappa shape index (κ2) is 7.08. The number of carbonyl (C=O) groups is 1. The predicted molar refractivity (Wildman–Crippen MR) is 102 cm³/mol. The number of aromatic nitrogens is 1. The van der Waals surface area contributed by atoms with Crippen LogP contribution in [-0.4, -0.2) is 57.2 Å². The average Bonchev–Trinajstić information content (AvgIpc) is 2.64. The zero-order valence-corrected chi connectivity index (χ0v) is 15.1. The summed E-state index contributed by atoms with van der Waals surface area (Å²) in [6, 6.07) is 8.56. The van der Waals surface area contributed by atoms with E-state index in [1.54, 1.807) is 24.5 Å². The highest BCUT2D eigenvalue weighted by atomic mass is 16.3. The SMILES string of the molecule is O=C(Nc1cccnc1)N1CC2(CCN(Cc3ccc(O)c(O)c3)CC2)C1. The van der Waals surface area contributed by atoms with Crippen LogP contribution in [0.2, 0.25) is 0 Å². The van der Waals surface area contributed by atoms with Gasteiger partial charge in [-0.15, -0.1) is 0 Å². The summed E-state index contributed by atoms with van der Waals surface area (Å²) >= 11 is 0. The number of amides is 2. The summed E-state index contributed by atoms with van der Waals surface area (Å²) in [5, 5.41) is 21.9. The highest BCUT2D eigenvalue weighted by molar-refractivity contribution is 5.89. The molecule has 1 aromatic heterocycles. The molecule has 3 N–H and O–H groups in total. The van der Waals surface area contributed by atoms with E-state index in [9.17, 15) is 15.0 Å². The maximum absolute atomic E-state index is 12.3. The number of pyridine rings is 1. The highest BCUT2D eigenvalue weighted by Gasteiger charge is 2.46. The van der Waals surface area contributed by atoms with E-state index in [0.717, 1.165) is 56.8 Å². The molecule has 0 radical (unpaired) electrons. The van der Waals surface area contributed by atoms with Gasteiger partial charge in [0.2, 0.25) is 0 Å². The maximum Gasteiger partial charge on any atom is 0.321 e. The molecule has 1 spiro atoms. The number of rotatable bonds is 3. The van der Waals surface area contributed by atoms with Crippen LogP contribution in [0.5, 0.6) is 11.5 Å². The number of hydrogen-bond acceptors (Lipinski definition) is 5. The fourth-order valence-electron chi connectivity index (χ4n) is 3.97. The normalized spacial score (nSPS) is 18.9. The van der Waals surface area contributed by atoms with Gasteiger partial charge in [0.25, 0.3) is 0 Å². The van der Waals surface area contributed by atoms with Crippen LogP contribution < -0.4 is 5.32 Å². The number of urea groups is 1. The Balaban J connectivity index is 1.25. The van der Waals surface area contributed by atoms with Gasteiger partial charge in [-0.3, -0.25) is 9.88 Å². The number of piperidine rings is 1. The molecule has 3 heterocycles. The highest BCUT2D eigenvalue weighted by Crippen LogP contribution is 2.41. The van der Waals surface area contributed by atoms with Crippen molar-refractivity contribution in [3.05, 3.63) is 48.3 Å². The summed E-state index contributed by atoms with van der Waals surface area (Å²) in [4.78, 5) is 20.5. The van der Waals surface area contributed by atoms with Crippen molar-refractivity contribution >= 4 is 11.7 Å². The first-order chi connectivity index (χ1) is 13.0. The quantitative estimate of drug-likeness (QED) is 0.725. The molecule has 0 atom stereocenters. The van der Waals surface area contributed by atoms with Crippen LogP contribution in [0.4, 0.5) is 10.5 Å². The van der Waals surface area contributed by atoms with Crippen LogP contribution in [0.15, 0.2) is 42.7 Å². The Morgan fingerprint density at radius 2 is 1.93 bits per heavy atom. The molecule has 27 heavy (non-hydrogen) atoms. The zero-order valence-electron chi connectivity index (χ0n) is 15.1. The molecular weight excluding hydrogens is 344 g/mol. The number of aromatic hydroxyl groups is 2. The smallest absolute Gasteiger partial charge is 0.321 e. The summed E-state index contributed by atoms with van der Waals surface area (Å²) in [5.41, 5.74) is 1.95. The van der Waals surface area contributed by atoms with E-state index in [0.29, 0.717) is 0 Å². The Morgan fingerprint density at radius 3 is 2.59 bits per heavy atom. The minimum absolute atomic E-state index is 0.0596. The van der Waals surface area contributed by atoms with Gasteiger partial charge in [-0.2, -0.15) is 0 Å². The molecular formula is C20H24N4O3. The Hall–Kier alpha value is -2.80. The largest absolute Gasteiger partial charge is 0.504 e. The lowest BCUT2D eigenvalue weighted by atomic mass is 9.72. The van der Waals surface area contributed by atoms with Crippen LogP contribution in [0.25, 0.3) is 0 Å². The van der Waals surface area contributed by atoms with Gasteiger partial charge in [0.15, 0.2) is 11.5 Å². The summed E-state index contributed by atoms with van der Waals surface area (Å²) in [6.45, 7) is 4.30. The van der Waals surface area contributed by atoms with Crippen molar-refractivity contribution in [3.8, 4) is 11.5 Å². The third kappa shape index (κ3) is 3.83. The second-order valence-electron chi connectivity index (χ2n) is 7.63. The third-order valence-electron chi connectivity index (χ3n) is 5.62. The Morgan fingerprint density at radius 1 is 1.15 bits per heavy atom. The van der Waals surface area contributed by atoms with Crippen LogP contribution >= 0.6 is 0 Å². The molecule has 1 aromatic carbocycles. The van der Waals surface area contributed by atoms with Gasteiger partial charge >= 0.3 is 6.03 Å². The zero-order chi connectivity index (χ0) is 18.9. The average molecular weight is 368 g/mol. The molecule has 142 valence electrons. The number of nitrogens with zero attached hydrogens (tertiary/aromatic N) is 3. The van der Waals surface area contributed by atoms with E-state index in [4.69, 9.17) is 0 Å². The number of phenols is 2. The van der Waals surface area contributed by atoms with Crippen molar-refractivity contribution in [2.75, 3.05) is 31.5 Å². The summed E-state index contributed by atoms with van der Waals surface area (Å²) in [6.07, 6.45) is 5.45. The number of anilines is 1. The molecule has 7 heteroatoms. The van der Waals surface area contributed by atoms with Gasteiger partial charge in [-0.1, -0.05) is 6.07 Å². The lowest BCUT2D eigenvalue weighted by Gasteiger charge is -2.53. The van der Waals surface area contributed by atoms with Gasteiger partial charge in [0.05, 0.1) is 11.9 Å². The molecule has 0 unspecified atom stereocenters. The fraction of sp³-hybridized carbons (Fsp3) is 0.400. The number of likely N-dealkylation sites (tertiary alicyclic amines) is 2. The number of phenolic OH excluding ortho intramolecular Hbond substituents is 2. The van der Waals surface area contributed by atoms with Gasteiger partial charge < -0.3 is 20.4 Å². The van der Waals surface area contributed by atoms with Crippen molar-refractivity contribution in [2.24, 2.45) is 5.41 Å². The standard InChI is InChI=1S/C20H24N4O3/c25-17-4-3-15(10-18(17)26)12-23-8-5-20(6-9-23)13-24(14-20)19(27)22-16-2-1-7-21-11-16/h1-4,7,10-11,25-26H,5-6,8-9,12-14H2,(H,22,27). The first kappa shape index (κ1) is 17.6. The molecule has 2 aromatic rings. The minimum Gasteiger partial charge on any atom is -0.504 e. The monoisotopic (exact) mass is 368 g/mol. The number of carbonyl (C=O) groups excluding carboxylic acids is 1. The lowest BCUT2D eigenvalue weighted by Crippen LogP contribution is -2.62. The molecule has 2 saturated heterocycles.